The Bertz CT molecular complexity index is 1210. The van der Waals surface area contributed by atoms with Gasteiger partial charge in [-0.05, 0) is 24.3 Å². The Morgan fingerprint density at radius 2 is 1.96 bits per heavy atom. The van der Waals surface area contributed by atoms with E-state index < -0.39 is 10.0 Å². The summed E-state index contributed by atoms with van der Waals surface area (Å²) in [5.74, 6) is -0.366. The number of anilines is 3. The number of benzene rings is 2. The van der Waals surface area contributed by atoms with Gasteiger partial charge in [0.15, 0.2) is 10.2 Å². The summed E-state index contributed by atoms with van der Waals surface area (Å²) in [6, 6.07) is 13.2. The number of thiazole rings is 1. The number of sulfonamides is 1. The van der Waals surface area contributed by atoms with Gasteiger partial charge in [-0.25, -0.2) is 14.4 Å². The minimum absolute atomic E-state index is 0.0251. The number of aromatic amines is 1. The maximum Gasteiger partial charge on any atom is 0.278 e. The van der Waals surface area contributed by atoms with Gasteiger partial charge >= 0.3 is 0 Å². The standard InChI is InChI=1S/C18H14FN5O2S2/c19-14-6-1-2-7-15(14)22-18-23-16(10-27-18)12-4-3-5-13(8-12)24-28(25,26)17-9-20-11-21-17/h1-11,24H,(H,20,21)(H,22,23). The molecule has 3 N–H and O–H groups in total. The highest BCUT2D eigenvalue weighted by Gasteiger charge is 2.16. The number of nitrogens with zero attached hydrogens (tertiary/aromatic N) is 2. The molecule has 2 heterocycles. The second kappa shape index (κ2) is 7.41. The van der Waals surface area contributed by atoms with E-state index in [0.29, 0.717) is 22.2 Å². The van der Waals surface area contributed by atoms with Gasteiger partial charge in [0.1, 0.15) is 5.82 Å². The third-order valence-electron chi connectivity index (χ3n) is 3.79. The third kappa shape index (κ3) is 3.87. The fourth-order valence-electron chi connectivity index (χ4n) is 2.48. The molecule has 7 nitrogen and oxygen atoms in total. The zero-order valence-corrected chi connectivity index (χ0v) is 15.9. The van der Waals surface area contributed by atoms with Crippen LogP contribution in [0, 0.1) is 5.82 Å². The Morgan fingerprint density at radius 1 is 1.11 bits per heavy atom. The lowest BCUT2D eigenvalue weighted by molar-refractivity contribution is 0.598. The first-order valence-electron chi connectivity index (χ1n) is 8.10. The van der Waals surface area contributed by atoms with Crippen molar-refractivity contribution >= 4 is 37.9 Å². The smallest absolute Gasteiger partial charge is 0.278 e. The number of nitrogens with one attached hydrogen (secondary N) is 3. The number of H-pyrrole nitrogens is 1. The summed E-state index contributed by atoms with van der Waals surface area (Å²) in [6.07, 6.45) is 2.53. The maximum atomic E-state index is 13.8. The Labute approximate surface area is 164 Å². The minimum Gasteiger partial charge on any atom is -0.334 e. The molecule has 0 aliphatic rings. The Morgan fingerprint density at radius 3 is 2.75 bits per heavy atom. The molecule has 0 spiro atoms. The molecular weight excluding hydrogens is 401 g/mol. The van der Waals surface area contributed by atoms with E-state index in [1.807, 2.05) is 11.4 Å². The van der Waals surface area contributed by atoms with Crippen molar-refractivity contribution in [2.75, 3.05) is 10.0 Å². The maximum absolute atomic E-state index is 13.8. The van der Waals surface area contributed by atoms with Crippen molar-refractivity contribution in [2.24, 2.45) is 0 Å². The number of rotatable bonds is 6. The number of imidazole rings is 1. The molecule has 142 valence electrons. The van der Waals surface area contributed by atoms with E-state index in [1.54, 1.807) is 36.4 Å². The number of para-hydroxylation sites is 1. The molecule has 0 saturated heterocycles. The minimum atomic E-state index is -3.75. The van der Waals surface area contributed by atoms with Crippen LogP contribution in [0.3, 0.4) is 0 Å². The highest BCUT2D eigenvalue weighted by Crippen LogP contribution is 2.29. The van der Waals surface area contributed by atoms with Crippen LogP contribution in [0.1, 0.15) is 0 Å². The summed E-state index contributed by atoms with van der Waals surface area (Å²) in [7, 11) is -3.75. The quantitative estimate of drug-likeness (QED) is 0.438. The molecule has 0 amide bonds. The number of aromatic nitrogens is 3. The molecule has 0 aliphatic heterocycles. The van der Waals surface area contributed by atoms with Gasteiger partial charge in [0, 0.05) is 16.6 Å². The van der Waals surface area contributed by atoms with Crippen LogP contribution in [0.2, 0.25) is 0 Å². The highest BCUT2D eigenvalue weighted by atomic mass is 32.2. The molecule has 0 atom stereocenters. The molecule has 2 aromatic heterocycles. The first-order valence-corrected chi connectivity index (χ1v) is 10.5. The average Bonchev–Trinajstić information content (AvgIpc) is 3.36. The van der Waals surface area contributed by atoms with Crippen LogP contribution in [-0.4, -0.2) is 23.4 Å². The lowest BCUT2D eigenvalue weighted by Crippen LogP contribution is -2.13. The van der Waals surface area contributed by atoms with E-state index in [1.165, 1.54) is 29.9 Å². The van der Waals surface area contributed by atoms with Crippen LogP contribution < -0.4 is 10.0 Å². The molecule has 10 heteroatoms. The van der Waals surface area contributed by atoms with Gasteiger partial charge < -0.3 is 10.3 Å². The monoisotopic (exact) mass is 415 g/mol. The molecule has 0 radical (unpaired) electrons. The molecule has 0 fully saturated rings. The van der Waals surface area contributed by atoms with Crippen molar-refractivity contribution in [1.29, 1.82) is 0 Å². The van der Waals surface area contributed by atoms with Gasteiger partial charge in [-0.15, -0.1) is 11.3 Å². The van der Waals surface area contributed by atoms with Crippen LogP contribution in [0.15, 0.2) is 71.5 Å². The van der Waals surface area contributed by atoms with Gasteiger partial charge in [0.2, 0.25) is 0 Å². The molecule has 4 rings (SSSR count). The Kier molecular flexibility index (Phi) is 4.80. The Hall–Kier alpha value is -3.24. The van der Waals surface area contributed by atoms with E-state index in [4.69, 9.17) is 0 Å². The Balaban J connectivity index is 1.55. The molecule has 2 aromatic carbocycles. The molecule has 0 saturated carbocycles. The van der Waals surface area contributed by atoms with Gasteiger partial charge in [-0.2, -0.15) is 8.42 Å². The molecule has 28 heavy (non-hydrogen) atoms. The predicted octanol–water partition coefficient (Wildman–Crippen LogP) is 4.22. The molecule has 0 bridgehead atoms. The summed E-state index contributed by atoms with van der Waals surface area (Å²) >= 11 is 1.32. The van der Waals surface area contributed by atoms with E-state index in [0.717, 1.165) is 5.56 Å². The van der Waals surface area contributed by atoms with Crippen molar-refractivity contribution in [1.82, 2.24) is 15.0 Å². The van der Waals surface area contributed by atoms with E-state index in [-0.39, 0.29) is 10.8 Å². The zero-order chi connectivity index (χ0) is 19.6. The lowest BCUT2D eigenvalue weighted by Gasteiger charge is -2.07. The van der Waals surface area contributed by atoms with E-state index in [9.17, 15) is 12.8 Å². The number of halogens is 1. The van der Waals surface area contributed by atoms with Crippen molar-refractivity contribution in [2.45, 2.75) is 5.03 Å². The fraction of sp³-hybridized carbons (Fsp3) is 0. The third-order valence-corrected chi connectivity index (χ3v) is 5.86. The van der Waals surface area contributed by atoms with Crippen LogP contribution in [0.5, 0.6) is 0 Å². The highest BCUT2D eigenvalue weighted by molar-refractivity contribution is 7.92. The molecular formula is C18H14FN5O2S2. The molecule has 4 aromatic rings. The van der Waals surface area contributed by atoms with Gasteiger partial charge in [0.05, 0.1) is 23.9 Å². The normalized spacial score (nSPS) is 11.3. The van der Waals surface area contributed by atoms with Crippen LogP contribution in [0.4, 0.5) is 20.9 Å². The SMILES string of the molecule is O=S(=O)(Nc1cccc(-c2csc(Nc3ccccc3F)n2)c1)c1cnc[nH]1. The number of hydrogen-bond acceptors (Lipinski definition) is 6. The first kappa shape index (κ1) is 18.1. The second-order valence-corrected chi connectivity index (χ2v) is 8.25. The summed E-state index contributed by atoms with van der Waals surface area (Å²) < 4.78 is 40.9. The van der Waals surface area contributed by atoms with Crippen molar-refractivity contribution in [3.05, 3.63) is 72.3 Å². The summed E-state index contributed by atoms with van der Waals surface area (Å²) in [6.45, 7) is 0. The lowest BCUT2D eigenvalue weighted by atomic mass is 10.1. The molecule has 0 unspecified atom stereocenters. The average molecular weight is 415 g/mol. The number of hydrogen-bond donors (Lipinski definition) is 3. The first-order chi connectivity index (χ1) is 13.5. The van der Waals surface area contributed by atoms with Gasteiger partial charge in [-0.3, -0.25) is 4.72 Å². The molecule has 0 aliphatic carbocycles. The van der Waals surface area contributed by atoms with Crippen molar-refractivity contribution in [3.8, 4) is 11.3 Å². The van der Waals surface area contributed by atoms with Gasteiger partial charge in [0.25, 0.3) is 10.0 Å². The zero-order valence-electron chi connectivity index (χ0n) is 14.3. The van der Waals surface area contributed by atoms with Crippen molar-refractivity contribution in [3.63, 3.8) is 0 Å². The van der Waals surface area contributed by atoms with Crippen molar-refractivity contribution < 1.29 is 12.8 Å². The predicted molar refractivity (Wildman–Crippen MR) is 107 cm³/mol. The van der Waals surface area contributed by atoms with E-state index in [2.05, 4.69) is 25.0 Å². The van der Waals surface area contributed by atoms with E-state index >= 15 is 0 Å². The topological polar surface area (TPSA) is 99.8 Å². The van der Waals surface area contributed by atoms with Crippen LogP contribution >= 0.6 is 11.3 Å². The fourth-order valence-corrected chi connectivity index (χ4v) is 4.17. The summed E-state index contributed by atoms with van der Waals surface area (Å²) in [4.78, 5) is 10.7. The van der Waals surface area contributed by atoms with Gasteiger partial charge in [-0.1, -0.05) is 24.3 Å². The van der Waals surface area contributed by atoms with Crippen LogP contribution in [0.25, 0.3) is 11.3 Å². The van der Waals surface area contributed by atoms with Crippen LogP contribution in [-0.2, 0) is 10.0 Å². The largest absolute Gasteiger partial charge is 0.334 e. The summed E-state index contributed by atoms with van der Waals surface area (Å²) in [5, 5.41) is 5.26. The second-order valence-electron chi connectivity index (χ2n) is 5.74. The summed E-state index contributed by atoms with van der Waals surface area (Å²) in [5.41, 5.74) is 2.10.